The molecule has 2 fully saturated rings. The highest BCUT2D eigenvalue weighted by Gasteiger charge is 2.23. The van der Waals surface area contributed by atoms with E-state index in [4.69, 9.17) is 9.72 Å². The number of piperazine rings is 1. The second-order valence-electron chi connectivity index (χ2n) is 6.53. The van der Waals surface area contributed by atoms with Crippen molar-refractivity contribution in [3.63, 3.8) is 0 Å². The topological polar surface area (TPSA) is 48.9 Å². The number of aryl methyl sites for hydroxylation is 1. The molecule has 0 aromatic carbocycles. The molecule has 2 aliphatic heterocycles. The van der Waals surface area contributed by atoms with E-state index in [2.05, 4.69) is 22.1 Å². The number of rotatable bonds is 6. The Morgan fingerprint density at radius 2 is 1.88 bits per heavy atom. The van der Waals surface area contributed by atoms with Crippen LogP contribution in [0.1, 0.15) is 24.0 Å². The Labute approximate surface area is 148 Å². The lowest BCUT2D eigenvalue weighted by Crippen LogP contribution is -2.51. The summed E-state index contributed by atoms with van der Waals surface area (Å²) in [7, 11) is 0. The molecule has 1 amide bonds. The minimum Gasteiger partial charge on any atom is -0.378 e. The zero-order chi connectivity index (χ0) is 16.8. The smallest absolute Gasteiger partial charge is 0.236 e. The molecule has 134 valence electrons. The van der Waals surface area contributed by atoms with Gasteiger partial charge in [-0.2, -0.15) is 0 Å². The Kier molecular flexibility index (Phi) is 6.59. The van der Waals surface area contributed by atoms with Gasteiger partial charge in [0.25, 0.3) is 0 Å². The first-order valence-corrected chi connectivity index (χ1v) is 9.86. The monoisotopic (exact) mass is 352 g/mol. The molecular formula is C17H28N4O2S. The molecule has 6 nitrogen and oxygen atoms in total. The van der Waals surface area contributed by atoms with E-state index in [0.717, 1.165) is 58.7 Å². The molecule has 0 N–H and O–H groups in total. The van der Waals surface area contributed by atoms with Crippen LogP contribution >= 0.6 is 11.3 Å². The van der Waals surface area contributed by atoms with E-state index in [1.165, 1.54) is 10.7 Å². The van der Waals surface area contributed by atoms with Gasteiger partial charge < -0.3 is 9.64 Å². The van der Waals surface area contributed by atoms with E-state index in [9.17, 15) is 4.79 Å². The van der Waals surface area contributed by atoms with E-state index in [-0.39, 0.29) is 5.91 Å². The SMILES string of the molecule is CCCc1nc(CN2CCN(CC(=O)N3CCOCC3)CC2)cs1. The summed E-state index contributed by atoms with van der Waals surface area (Å²) in [5.41, 5.74) is 1.20. The summed E-state index contributed by atoms with van der Waals surface area (Å²) in [5.74, 6) is 0.246. The molecule has 2 saturated heterocycles. The van der Waals surface area contributed by atoms with Crippen LogP contribution in [0, 0.1) is 0 Å². The third-order valence-electron chi connectivity index (χ3n) is 4.64. The molecule has 2 aliphatic rings. The molecule has 0 bridgehead atoms. The van der Waals surface area contributed by atoms with Crippen LogP contribution in [-0.4, -0.2) is 84.6 Å². The van der Waals surface area contributed by atoms with E-state index in [0.29, 0.717) is 19.8 Å². The Morgan fingerprint density at radius 1 is 1.17 bits per heavy atom. The van der Waals surface area contributed by atoms with Gasteiger partial charge in [0.1, 0.15) is 0 Å². The summed E-state index contributed by atoms with van der Waals surface area (Å²) in [6, 6.07) is 0. The zero-order valence-electron chi connectivity index (χ0n) is 14.6. The Hall–Kier alpha value is -1.02. The minimum atomic E-state index is 0.246. The summed E-state index contributed by atoms with van der Waals surface area (Å²) in [4.78, 5) is 23.7. The van der Waals surface area contributed by atoms with Gasteiger partial charge in [-0.05, 0) is 12.8 Å². The molecule has 1 aromatic rings. The molecule has 0 unspecified atom stereocenters. The van der Waals surface area contributed by atoms with E-state index < -0.39 is 0 Å². The van der Waals surface area contributed by atoms with Crippen LogP contribution in [-0.2, 0) is 22.5 Å². The lowest BCUT2D eigenvalue weighted by atomic mass is 10.3. The van der Waals surface area contributed by atoms with Crippen LogP contribution in [0.5, 0.6) is 0 Å². The van der Waals surface area contributed by atoms with Crippen LogP contribution in [0.2, 0.25) is 0 Å². The third kappa shape index (κ3) is 4.99. The van der Waals surface area contributed by atoms with E-state index in [1.54, 1.807) is 11.3 Å². The summed E-state index contributed by atoms with van der Waals surface area (Å²) in [6.45, 7) is 10.4. The molecule has 0 spiro atoms. The van der Waals surface area contributed by atoms with Crippen molar-refractivity contribution in [1.82, 2.24) is 19.7 Å². The predicted molar refractivity (Wildman–Crippen MR) is 95.2 cm³/mol. The van der Waals surface area contributed by atoms with Gasteiger partial charge in [0.2, 0.25) is 5.91 Å². The van der Waals surface area contributed by atoms with Gasteiger partial charge in [-0.3, -0.25) is 14.6 Å². The number of aromatic nitrogens is 1. The third-order valence-corrected chi connectivity index (χ3v) is 5.59. The van der Waals surface area contributed by atoms with E-state index in [1.807, 2.05) is 4.90 Å². The number of nitrogens with zero attached hydrogens (tertiary/aromatic N) is 4. The summed E-state index contributed by atoms with van der Waals surface area (Å²) < 4.78 is 5.31. The van der Waals surface area contributed by atoms with Crippen molar-refractivity contribution in [1.29, 1.82) is 0 Å². The molecule has 24 heavy (non-hydrogen) atoms. The lowest BCUT2D eigenvalue weighted by Gasteiger charge is -2.35. The maximum absolute atomic E-state index is 12.3. The molecule has 0 saturated carbocycles. The predicted octanol–water partition coefficient (Wildman–Crippen LogP) is 1.07. The standard InChI is InChI=1S/C17H28N4O2S/c1-2-3-16-18-15(14-24-16)12-19-4-6-20(7-5-19)13-17(22)21-8-10-23-11-9-21/h14H,2-13H2,1H3. The highest BCUT2D eigenvalue weighted by Crippen LogP contribution is 2.14. The fourth-order valence-electron chi connectivity index (χ4n) is 3.19. The van der Waals surface area contributed by atoms with Crippen LogP contribution in [0.4, 0.5) is 0 Å². The normalized spacial score (nSPS) is 20.5. The number of hydrogen-bond acceptors (Lipinski definition) is 6. The van der Waals surface area contributed by atoms with Crippen LogP contribution in [0.3, 0.4) is 0 Å². The fraction of sp³-hybridized carbons (Fsp3) is 0.765. The van der Waals surface area contributed by atoms with Crippen LogP contribution in [0.15, 0.2) is 5.38 Å². The number of hydrogen-bond donors (Lipinski definition) is 0. The van der Waals surface area contributed by atoms with Gasteiger partial charge in [-0.25, -0.2) is 4.98 Å². The second kappa shape index (κ2) is 8.89. The van der Waals surface area contributed by atoms with Crippen molar-refractivity contribution in [3.05, 3.63) is 16.1 Å². The van der Waals surface area contributed by atoms with Crippen molar-refractivity contribution in [2.75, 3.05) is 59.0 Å². The summed E-state index contributed by atoms with van der Waals surface area (Å²) >= 11 is 1.78. The molecule has 3 heterocycles. The summed E-state index contributed by atoms with van der Waals surface area (Å²) in [5, 5.41) is 3.45. The zero-order valence-corrected chi connectivity index (χ0v) is 15.4. The molecule has 1 aromatic heterocycles. The second-order valence-corrected chi connectivity index (χ2v) is 7.47. The van der Waals surface area contributed by atoms with Gasteiger partial charge in [0, 0.05) is 51.2 Å². The van der Waals surface area contributed by atoms with Gasteiger partial charge in [0.05, 0.1) is 30.5 Å². The van der Waals surface area contributed by atoms with Crippen molar-refractivity contribution in [3.8, 4) is 0 Å². The molecular weight excluding hydrogens is 324 g/mol. The van der Waals surface area contributed by atoms with Crippen molar-refractivity contribution < 1.29 is 9.53 Å². The molecule has 3 rings (SSSR count). The maximum atomic E-state index is 12.3. The number of carbonyl (C=O) groups is 1. The first-order chi connectivity index (χ1) is 11.7. The number of morpholine rings is 1. The molecule has 7 heteroatoms. The highest BCUT2D eigenvalue weighted by atomic mass is 32.1. The number of thiazole rings is 1. The number of ether oxygens (including phenoxy) is 1. The average molecular weight is 353 g/mol. The van der Waals surface area contributed by atoms with Crippen molar-refractivity contribution in [2.45, 2.75) is 26.3 Å². The van der Waals surface area contributed by atoms with Crippen LogP contribution in [0.25, 0.3) is 0 Å². The largest absolute Gasteiger partial charge is 0.378 e. The van der Waals surface area contributed by atoms with Gasteiger partial charge in [-0.1, -0.05) is 6.92 Å². The fourth-order valence-corrected chi connectivity index (χ4v) is 4.08. The quantitative estimate of drug-likeness (QED) is 0.767. The van der Waals surface area contributed by atoms with Gasteiger partial charge in [0.15, 0.2) is 0 Å². The number of carbonyl (C=O) groups excluding carboxylic acids is 1. The first-order valence-electron chi connectivity index (χ1n) is 8.98. The Bertz CT molecular complexity index is 522. The molecule has 0 aliphatic carbocycles. The highest BCUT2D eigenvalue weighted by molar-refractivity contribution is 7.09. The molecule has 0 atom stereocenters. The van der Waals surface area contributed by atoms with E-state index >= 15 is 0 Å². The lowest BCUT2D eigenvalue weighted by molar-refractivity contribution is -0.136. The Balaban J connectivity index is 1.39. The van der Waals surface area contributed by atoms with Crippen LogP contribution < -0.4 is 0 Å². The maximum Gasteiger partial charge on any atom is 0.236 e. The molecule has 0 radical (unpaired) electrons. The average Bonchev–Trinajstić information content (AvgIpc) is 3.05. The Morgan fingerprint density at radius 3 is 2.58 bits per heavy atom. The van der Waals surface area contributed by atoms with Crippen molar-refractivity contribution in [2.24, 2.45) is 0 Å². The number of amides is 1. The van der Waals surface area contributed by atoms with Gasteiger partial charge >= 0.3 is 0 Å². The minimum absolute atomic E-state index is 0.246. The van der Waals surface area contributed by atoms with Gasteiger partial charge in [-0.15, -0.1) is 11.3 Å². The summed E-state index contributed by atoms with van der Waals surface area (Å²) in [6.07, 6.45) is 2.24. The first kappa shape index (κ1) is 17.8. The van der Waals surface area contributed by atoms with Crippen molar-refractivity contribution >= 4 is 17.2 Å².